The summed E-state index contributed by atoms with van der Waals surface area (Å²) >= 11 is 0. The van der Waals surface area contributed by atoms with E-state index in [4.69, 9.17) is 9.68 Å². The van der Waals surface area contributed by atoms with Crippen molar-refractivity contribution >= 4 is 33.3 Å². The van der Waals surface area contributed by atoms with Crippen molar-refractivity contribution in [2.75, 3.05) is 11.9 Å². The lowest BCUT2D eigenvalue weighted by atomic mass is 10.1. The molecule has 1 heterocycles. The Morgan fingerprint density at radius 3 is 2.65 bits per heavy atom. The number of furan rings is 1. The first-order chi connectivity index (χ1) is 12.6. The molecule has 0 N–H and O–H groups in total. The summed E-state index contributed by atoms with van der Waals surface area (Å²) in [6, 6.07) is 21.0. The van der Waals surface area contributed by atoms with E-state index in [9.17, 15) is 4.79 Å². The van der Waals surface area contributed by atoms with Gasteiger partial charge in [0, 0.05) is 29.1 Å². The topological polar surface area (TPSA) is 57.2 Å². The minimum Gasteiger partial charge on any atom is -0.450 e. The van der Waals surface area contributed by atoms with E-state index < -0.39 is 0 Å². The molecule has 4 rings (SSSR count). The van der Waals surface area contributed by atoms with Crippen molar-refractivity contribution in [1.82, 2.24) is 0 Å². The van der Waals surface area contributed by atoms with Crippen LogP contribution in [-0.2, 0) is 0 Å². The van der Waals surface area contributed by atoms with Gasteiger partial charge in [-0.25, -0.2) is 0 Å². The average molecular weight is 340 g/mol. The third-order valence-electron chi connectivity index (χ3n) is 4.69. The largest absolute Gasteiger partial charge is 0.450 e. The molecule has 4 aromatic rings. The highest BCUT2D eigenvalue weighted by Crippen LogP contribution is 2.32. The van der Waals surface area contributed by atoms with Crippen molar-refractivity contribution in [2.45, 2.75) is 6.92 Å². The summed E-state index contributed by atoms with van der Waals surface area (Å²) < 4.78 is 6.02. The lowest BCUT2D eigenvalue weighted by molar-refractivity contribution is 0.0968. The van der Waals surface area contributed by atoms with Gasteiger partial charge in [-0.2, -0.15) is 5.26 Å². The molecule has 4 nitrogen and oxygen atoms in total. The van der Waals surface area contributed by atoms with Gasteiger partial charge in [-0.05, 0) is 30.5 Å². The maximum atomic E-state index is 13.0. The normalized spacial score (nSPS) is 10.8. The van der Waals surface area contributed by atoms with E-state index in [2.05, 4.69) is 6.07 Å². The molecule has 4 heteroatoms. The fourth-order valence-electron chi connectivity index (χ4n) is 3.21. The second kappa shape index (κ2) is 6.05. The van der Waals surface area contributed by atoms with Crippen LogP contribution in [0.5, 0.6) is 0 Å². The summed E-state index contributed by atoms with van der Waals surface area (Å²) in [6.07, 6.45) is 0. The van der Waals surface area contributed by atoms with Crippen molar-refractivity contribution in [1.29, 1.82) is 5.26 Å². The number of hydrogen-bond acceptors (Lipinski definition) is 3. The van der Waals surface area contributed by atoms with E-state index >= 15 is 0 Å². The molecule has 0 saturated heterocycles. The summed E-state index contributed by atoms with van der Waals surface area (Å²) in [7, 11) is 1.68. The summed E-state index contributed by atoms with van der Waals surface area (Å²) in [4.78, 5) is 14.5. The molecule has 0 radical (unpaired) electrons. The number of carbonyl (C=O) groups is 1. The molecule has 0 fully saturated rings. The second-order valence-corrected chi connectivity index (χ2v) is 6.25. The molecule has 0 spiro atoms. The number of hydrogen-bond donors (Lipinski definition) is 0. The van der Waals surface area contributed by atoms with Crippen LogP contribution in [0.3, 0.4) is 0 Å². The van der Waals surface area contributed by atoms with Crippen LogP contribution in [0.15, 0.2) is 65.1 Å². The van der Waals surface area contributed by atoms with Crippen LogP contribution in [0.1, 0.15) is 21.7 Å². The van der Waals surface area contributed by atoms with Crippen LogP contribution >= 0.6 is 0 Å². The molecule has 126 valence electrons. The van der Waals surface area contributed by atoms with Gasteiger partial charge in [-0.3, -0.25) is 4.79 Å². The van der Waals surface area contributed by atoms with Gasteiger partial charge in [0.1, 0.15) is 5.58 Å². The molecule has 0 aliphatic rings. The highest BCUT2D eigenvalue weighted by molar-refractivity contribution is 6.12. The van der Waals surface area contributed by atoms with Gasteiger partial charge in [0.25, 0.3) is 5.91 Å². The predicted molar refractivity (Wildman–Crippen MR) is 102 cm³/mol. The number of aryl methyl sites for hydroxylation is 1. The number of carbonyl (C=O) groups excluding carboxylic acids is 1. The summed E-state index contributed by atoms with van der Waals surface area (Å²) in [6.45, 7) is 1.90. The Balaban J connectivity index is 1.83. The lowest BCUT2D eigenvalue weighted by Gasteiger charge is -2.16. The molecule has 1 aromatic heterocycles. The van der Waals surface area contributed by atoms with E-state index in [1.54, 1.807) is 31.3 Å². The van der Waals surface area contributed by atoms with Crippen molar-refractivity contribution < 1.29 is 9.21 Å². The van der Waals surface area contributed by atoms with Crippen LogP contribution in [0.25, 0.3) is 21.7 Å². The Bertz CT molecular complexity index is 1200. The van der Waals surface area contributed by atoms with Crippen LogP contribution in [0.2, 0.25) is 0 Å². The fourth-order valence-corrected chi connectivity index (χ4v) is 3.21. The van der Waals surface area contributed by atoms with E-state index in [0.29, 0.717) is 17.0 Å². The molecular weight excluding hydrogens is 324 g/mol. The Kier molecular flexibility index (Phi) is 3.70. The maximum Gasteiger partial charge on any atom is 0.294 e. The number of anilines is 1. The standard InChI is InChI=1S/C22H16N2O2/c1-14-18-11-10-16-7-3-4-9-19(16)21(18)26-20(14)22(25)24(2)17-8-5-6-15(12-17)13-23/h3-12H,1-2H3. The highest BCUT2D eigenvalue weighted by atomic mass is 16.3. The first-order valence-electron chi connectivity index (χ1n) is 8.29. The monoisotopic (exact) mass is 340 g/mol. The first-order valence-corrected chi connectivity index (χ1v) is 8.29. The van der Waals surface area contributed by atoms with Gasteiger partial charge in [-0.15, -0.1) is 0 Å². The number of nitriles is 1. The number of nitrogens with zero attached hydrogens (tertiary/aromatic N) is 2. The van der Waals surface area contributed by atoms with Gasteiger partial charge >= 0.3 is 0 Å². The third kappa shape index (κ3) is 2.42. The molecule has 0 atom stereocenters. The molecular formula is C22H16N2O2. The van der Waals surface area contributed by atoms with Crippen molar-refractivity contribution in [2.24, 2.45) is 0 Å². The SMILES string of the molecule is Cc1c(C(=O)N(C)c2cccc(C#N)c2)oc2c1ccc1ccccc12. The minimum atomic E-state index is -0.238. The van der Waals surface area contributed by atoms with Gasteiger partial charge in [0.15, 0.2) is 5.76 Å². The van der Waals surface area contributed by atoms with Crippen LogP contribution in [-0.4, -0.2) is 13.0 Å². The van der Waals surface area contributed by atoms with Gasteiger partial charge < -0.3 is 9.32 Å². The Hall–Kier alpha value is -3.58. The molecule has 0 saturated carbocycles. The van der Waals surface area contributed by atoms with Crippen molar-refractivity contribution in [3.05, 3.63) is 77.6 Å². The number of benzene rings is 3. The summed E-state index contributed by atoms with van der Waals surface area (Å²) in [5.74, 6) is 0.0825. The molecule has 0 unspecified atom stereocenters. The lowest BCUT2D eigenvalue weighted by Crippen LogP contribution is -2.26. The molecule has 3 aromatic carbocycles. The first kappa shape index (κ1) is 15.9. The summed E-state index contributed by atoms with van der Waals surface area (Å²) in [5, 5.41) is 12.1. The summed E-state index contributed by atoms with van der Waals surface area (Å²) in [5.41, 5.74) is 2.70. The average Bonchev–Trinajstić information content (AvgIpc) is 3.04. The number of fused-ring (bicyclic) bond motifs is 3. The van der Waals surface area contributed by atoms with Crippen molar-refractivity contribution in [3.8, 4) is 6.07 Å². The quantitative estimate of drug-likeness (QED) is 0.513. The van der Waals surface area contributed by atoms with E-state index in [-0.39, 0.29) is 5.91 Å². The fraction of sp³-hybridized carbons (Fsp3) is 0.0909. The zero-order valence-corrected chi connectivity index (χ0v) is 14.5. The van der Waals surface area contributed by atoms with Gasteiger partial charge in [0.2, 0.25) is 0 Å². The molecule has 0 aliphatic heterocycles. The van der Waals surface area contributed by atoms with Crippen molar-refractivity contribution in [3.63, 3.8) is 0 Å². The Morgan fingerprint density at radius 2 is 1.85 bits per heavy atom. The Labute approximate surface area is 150 Å². The smallest absolute Gasteiger partial charge is 0.294 e. The van der Waals surface area contributed by atoms with E-state index in [0.717, 1.165) is 27.3 Å². The van der Waals surface area contributed by atoms with Crippen LogP contribution in [0, 0.1) is 18.3 Å². The zero-order chi connectivity index (χ0) is 18.3. The second-order valence-electron chi connectivity index (χ2n) is 6.25. The number of rotatable bonds is 2. The van der Waals surface area contributed by atoms with Crippen LogP contribution < -0.4 is 4.90 Å². The van der Waals surface area contributed by atoms with E-state index in [1.807, 2.05) is 43.3 Å². The van der Waals surface area contributed by atoms with Gasteiger partial charge in [0.05, 0.1) is 11.6 Å². The third-order valence-corrected chi connectivity index (χ3v) is 4.69. The molecule has 1 amide bonds. The zero-order valence-electron chi connectivity index (χ0n) is 14.5. The molecule has 0 bridgehead atoms. The number of amides is 1. The minimum absolute atomic E-state index is 0.238. The predicted octanol–water partition coefficient (Wildman–Crippen LogP) is 5.04. The Morgan fingerprint density at radius 1 is 1.04 bits per heavy atom. The van der Waals surface area contributed by atoms with E-state index in [1.165, 1.54) is 4.90 Å². The van der Waals surface area contributed by atoms with Crippen LogP contribution in [0.4, 0.5) is 5.69 Å². The molecule has 0 aliphatic carbocycles. The van der Waals surface area contributed by atoms with Gasteiger partial charge in [-0.1, -0.05) is 42.5 Å². The maximum absolute atomic E-state index is 13.0. The molecule has 26 heavy (non-hydrogen) atoms. The highest BCUT2D eigenvalue weighted by Gasteiger charge is 2.23.